The first-order valence-corrected chi connectivity index (χ1v) is 8.72. The lowest BCUT2D eigenvalue weighted by atomic mass is 10.0. The zero-order valence-corrected chi connectivity index (χ0v) is 13.8. The highest BCUT2D eigenvalue weighted by Crippen LogP contribution is 2.20. The molecule has 0 fully saturated rings. The summed E-state index contributed by atoms with van der Waals surface area (Å²) in [6.45, 7) is 9.45. The summed E-state index contributed by atoms with van der Waals surface area (Å²) >= 11 is 0. The van der Waals surface area contributed by atoms with Gasteiger partial charge in [0.1, 0.15) is 0 Å². The Morgan fingerprint density at radius 3 is 2.45 bits per heavy atom. The largest absolute Gasteiger partial charge is 0.310 e. The van der Waals surface area contributed by atoms with Crippen molar-refractivity contribution in [3.05, 3.63) is 28.6 Å². The molecule has 1 rings (SSSR count). The van der Waals surface area contributed by atoms with Gasteiger partial charge in [-0.2, -0.15) is 0 Å². The molecule has 1 atom stereocenters. The fourth-order valence-corrected chi connectivity index (χ4v) is 2.97. The fourth-order valence-electron chi connectivity index (χ4n) is 2.45. The molecule has 0 bridgehead atoms. The molecular weight excluding hydrogens is 274 g/mol. The standard InChI is InChI=1S/C14H25N3O2S/c1-10-9-11(2)17-13(4)14(10)12(3)15-7-6-8-16-20(5,18)19/h9,12,15-16H,6-8H2,1-5H3. The molecule has 6 heteroatoms. The molecule has 0 spiro atoms. The van der Waals surface area contributed by atoms with Gasteiger partial charge in [0.25, 0.3) is 0 Å². The first-order valence-electron chi connectivity index (χ1n) is 6.83. The summed E-state index contributed by atoms with van der Waals surface area (Å²) in [4.78, 5) is 4.50. The first-order chi connectivity index (χ1) is 9.20. The maximum Gasteiger partial charge on any atom is 0.208 e. The van der Waals surface area contributed by atoms with Crippen molar-refractivity contribution >= 4 is 10.0 Å². The quantitative estimate of drug-likeness (QED) is 0.750. The van der Waals surface area contributed by atoms with Crippen LogP contribution in [0, 0.1) is 20.8 Å². The van der Waals surface area contributed by atoms with Gasteiger partial charge in [-0.15, -0.1) is 0 Å². The van der Waals surface area contributed by atoms with Crippen molar-refractivity contribution in [2.45, 2.75) is 40.2 Å². The molecular formula is C14H25N3O2S. The average Bonchev–Trinajstić information content (AvgIpc) is 2.25. The number of sulfonamides is 1. The van der Waals surface area contributed by atoms with Crippen molar-refractivity contribution in [2.75, 3.05) is 19.3 Å². The highest BCUT2D eigenvalue weighted by molar-refractivity contribution is 7.88. The van der Waals surface area contributed by atoms with Crippen LogP contribution in [0.5, 0.6) is 0 Å². The summed E-state index contributed by atoms with van der Waals surface area (Å²) in [6, 6.07) is 2.30. The van der Waals surface area contributed by atoms with E-state index in [4.69, 9.17) is 0 Å². The van der Waals surface area contributed by atoms with E-state index in [2.05, 4.69) is 34.9 Å². The summed E-state index contributed by atoms with van der Waals surface area (Å²) in [6.07, 6.45) is 1.93. The molecule has 2 N–H and O–H groups in total. The van der Waals surface area contributed by atoms with Crippen LogP contribution < -0.4 is 10.0 Å². The van der Waals surface area contributed by atoms with Crippen LogP contribution in [0.4, 0.5) is 0 Å². The average molecular weight is 299 g/mol. The second-order valence-corrected chi connectivity index (χ2v) is 7.11. The van der Waals surface area contributed by atoms with Crippen LogP contribution in [-0.4, -0.2) is 32.7 Å². The van der Waals surface area contributed by atoms with Crippen molar-refractivity contribution in [3.63, 3.8) is 0 Å². The molecule has 1 unspecified atom stereocenters. The Morgan fingerprint density at radius 2 is 1.90 bits per heavy atom. The van der Waals surface area contributed by atoms with Gasteiger partial charge < -0.3 is 5.32 Å². The van der Waals surface area contributed by atoms with Gasteiger partial charge in [-0.25, -0.2) is 13.1 Å². The Labute approximate surface area is 122 Å². The lowest BCUT2D eigenvalue weighted by Gasteiger charge is -2.19. The summed E-state index contributed by atoms with van der Waals surface area (Å²) in [5, 5.41) is 3.41. The molecule has 1 aromatic heterocycles. The van der Waals surface area contributed by atoms with Crippen LogP contribution in [0.3, 0.4) is 0 Å². The number of aromatic nitrogens is 1. The van der Waals surface area contributed by atoms with E-state index in [0.717, 1.165) is 24.4 Å². The normalized spacial score (nSPS) is 13.4. The minimum absolute atomic E-state index is 0.210. The van der Waals surface area contributed by atoms with E-state index >= 15 is 0 Å². The molecule has 1 heterocycles. The second kappa shape index (κ2) is 7.15. The van der Waals surface area contributed by atoms with Gasteiger partial charge in [-0.3, -0.25) is 4.98 Å². The van der Waals surface area contributed by atoms with Crippen LogP contribution >= 0.6 is 0 Å². The third kappa shape index (κ3) is 5.56. The molecule has 0 radical (unpaired) electrons. The molecule has 5 nitrogen and oxygen atoms in total. The van der Waals surface area contributed by atoms with Crippen molar-refractivity contribution in [1.82, 2.24) is 15.0 Å². The van der Waals surface area contributed by atoms with Gasteiger partial charge in [0, 0.05) is 24.0 Å². The molecule has 20 heavy (non-hydrogen) atoms. The van der Waals surface area contributed by atoms with Crippen molar-refractivity contribution in [3.8, 4) is 0 Å². The third-order valence-corrected chi connectivity index (χ3v) is 3.91. The number of nitrogens with one attached hydrogen (secondary N) is 2. The predicted molar refractivity (Wildman–Crippen MR) is 82.3 cm³/mol. The zero-order valence-electron chi connectivity index (χ0n) is 12.9. The third-order valence-electron chi connectivity index (χ3n) is 3.19. The molecule has 0 aromatic carbocycles. The van der Waals surface area contributed by atoms with Gasteiger partial charge in [-0.1, -0.05) is 0 Å². The van der Waals surface area contributed by atoms with E-state index in [0.29, 0.717) is 6.54 Å². The van der Waals surface area contributed by atoms with E-state index < -0.39 is 10.0 Å². The summed E-state index contributed by atoms with van der Waals surface area (Å²) in [5.41, 5.74) is 4.56. The summed E-state index contributed by atoms with van der Waals surface area (Å²) < 4.78 is 24.3. The van der Waals surface area contributed by atoms with E-state index in [1.807, 2.05) is 13.8 Å². The smallest absolute Gasteiger partial charge is 0.208 e. The van der Waals surface area contributed by atoms with Crippen molar-refractivity contribution in [1.29, 1.82) is 0 Å². The maximum absolute atomic E-state index is 10.9. The molecule has 0 aliphatic heterocycles. The van der Waals surface area contributed by atoms with Gasteiger partial charge in [-0.05, 0) is 57.9 Å². The molecule has 0 amide bonds. The van der Waals surface area contributed by atoms with Gasteiger partial charge >= 0.3 is 0 Å². The molecule has 0 saturated heterocycles. The Morgan fingerprint density at radius 1 is 1.25 bits per heavy atom. The molecule has 1 aromatic rings. The molecule has 0 aliphatic carbocycles. The van der Waals surface area contributed by atoms with Crippen LogP contribution in [0.1, 0.15) is 41.9 Å². The molecule has 114 valence electrons. The minimum Gasteiger partial charge on any atom is -0.310 e. The lowest BCUT2D eigenvalue weighted by Crippen LogP contribution is -2.28. The van der Waals surface area contributed by atoms with Crippen molar-refractivity contribution in [2.24, 2.45) is 0 Å². The Hall–Kier alpha value is -0.980. The fraction of sp³-hybridized carbons (Fsp3) is 0.643. The van der Waals surface area contributed by atoms with Crippen LogP contribution in [0.2, 0.25) is 0 Å². The highest BCUT2D eigenvalue weighted by Gasteiger charge is 2.12. The van der Waals surface area contributed by atoms with E-state index in [9.17, 15) is 8.42 Å². The lowest BCUT2D eigenvalue weighted by molar-refractivity contribution is 0.543. The monoisotopic (exact) mass is 299 g/mol. The topological polar surface area (TPSA) is 71.1 Å². The van der Waals surface area contributed by atoms with Crippen LogP contribution in [-0.2, 0) is 10.0 Å². The summed E-state index contributed by atoms with van der Waals surface area (Å²) in [7, 11) is -3.08. The number of rotatable bonds is 7. The van der Waals surface area contributed by atoms with Crippen molar-refractivity contribution < 1.29 is 8.42 Å². The van der Waals surface area contributed by atoms with Gasteiger partial charge in [0.15, 0.2) is 0 Å². The van der Waals surface area contributed by atoms with E-state index in [1.165, 1.54) is 17.4 Å². The maximum atomic E-state index is 10.9. The number of aryl methyl sites for hydroxylation is 3. The molecule has 0 saturated carbocycles. The van der Waals surface area contributed by atoms with Gasteiger partial charge in [0.05, 0.1) is 6.26 Å². The zero-order chi connectivity index (χ0) is 15.3. The number of pyridine rings is 1. The number of nitrogens with zero attached hydrogens (tertiary/aromatic N) is 1. The Kier molecular flexibility index (Phi) is 6.10. The SMILES string of the molecule is Cc1cc(C)c(C(C)NCCCNS(C)(=O)=O)c(C)n1. The van der Waals surface area contributed by atoms with E-state index in [1.54, 1.807) is 0 Å². The first kappa shape index (κ1) is 17.1. The Bertz CT molecular complexity index is 533. The second-order valence-electron chi connectivity index (χ2n) is 5.28. The highest BCUT2D eigenvalue weighted by atomic mass is 32.2. The van der Waals surface area contributed by atoms with Crippen LogP contribution in [0.25, 0.3) is 0 Å². The Balaban J connectivity index is 2.50. The number of hydrogen-bond donors (Lipinski definition) is 2. The van der Waals surface area contributed by atoms with E-state index in [-0.39, 0.29) is 6.04 Å². The minimum atomic E-state index is -3.08. The predicted octanol–water partition coefficient (Wildman–Crippen LogP) is 1.60. The number of hydrogen-bond acceptors (Lipinski definition) is 4. The molecule has 0 aliphatic rings. The summed E-state index contributed by atoms with van der Waals surface area (Å²) in [5.74, 6) is 0. The van der Waals surface area contributed by atoms with Gasteiger partial charge in [0.2, 0.25) is 10.0 Å². The van der Waals surface area contributed by atoms with Crippen LogP contribution in [0.15, 0.2) is 6.07 Å².